The van der Waals surface area contributed by atoms with Gasteiger partial charge in [0.15, 0.2) is 0 Å². The van der Waals surface area contributed by atoms with Crippen LogP contribution in [0, 0.1) is 0 Å². The summed E-state index contributed by atoms with van der Waals surface area (Å²) in [4.78, 5) is 30.0. The highest BCUT2D eigenvalue weighted by Gasteiger charge is 1.98. The molecule has 164 valence electrons. The van der Waals surface area contributed by atoms with E-state index in [-0.39, 0.29) is 0 Å². The molecule has 0 bridgehead atoms. The van der Waals surface area contributed by atoms with Crippen LogP contribution in [-0.2, 0) is 9.59 Å². The summed E-state index contributed by atoms with van der Waals surface area (Å²) in [6.45, 7) is 1.54. The number of primary amides is 1. The van der Waals surface area contributed by atoms with Crippen LogP contribution in [-0.4, -0.2) is 34.7 Å². The number of aliphatic carboxylic acids is 1. The minimum atomic E-state index is -0.955. The van der Waals surface area contributed by atoms with Gasteiger partial charge in [-0.25, -0.2) is 4.79 Å². The SMILES string of the molecule is CCCCCCCC/C=C\CCCCCCCC(=O)O.NC(=O)NC(=O)CO. The first kappa shape index (κ1) is 28.3. The van der Waals surface area contributed by atoms with Crippen LogP contribution in [0.3, 0.4) is 0 Å². The van der Waals surface area contributed by atoms with E-state index in [1.165, 1.54) is 70.6 Å². The molecule has 0 aromatic heterocycles. The van der Waals surface area contributed by atoms with Gasteiger partial charge in [-0.1, -0.05) is 70.4 Å². The Kier molecular flexibility index (Phi) is 23.4. The molecule has 0 aromatic carbocycles. The van der Waals surface area contributed by atoms with E-state index in [1.807, 2.05) is 0 Å². The maximum atomic E-state index is 10.3. The van der Waals surface area contributed by atoms with Crippen molar-refractivity contribution >= 4 is 17.9 Å². The third-order valence-electron chi connectivity index (χ3n) is 4.06. The molecule has 7 heteroatoms. The van der Waals surface area contributed by atoms with Gasteiger partial charge in [0.05, 0.1) is 0 Å². The fourth-order valence-electron chi connectivity index (χ4n) is 2.52. The van der Waals surface area contributed by atoms with Crippen LogP contribution in [0.4, 0.5) is 4.79 Å². The number of aliphatic hydroxyl groups is 1. The summed E-state index contributed by atoms with van der Waals surface area (Å²) in [6.07, 6.45) is 21.2. The quantitative estimate of drug-likeness (QED) is 0.227. The lowest BCUT2D eigenvalue weighted by Crippen LogP contribution is -2.36. The zero-order valence-corrected chi connectivity index (χ0v) is 17.5. The first-order chi connectivity index (χ1) is 13.4. The molecule has 0 fully saturated rings. The molecule has 0 rings (SSSR count). The lowest BCUT2D eigenvalue weighted by molar-refractivity contribution is -0.137. The van der Waals surface area contributed by atoms with Crippen molar-refractivity contribution in [3.05, 3.63) is 12.2 Å². The highest BCUT2D eigenvalue weighted by atomic mass is 16.4. The largest absolute Gasteiger partial charge is 0.481 e. The van der Waals surface area contributed by atoms with Gasteiger partial charge in [-0.3, -0.25) is 14.9 Å². The second-order valence-corrected chi connectivity index (χ2v) is 6.80. The van der Waals surface area contributed by atoms with Crippen molar-refractivity contribution in [1.82, 2.24) is 5.32 Å². The van der Waals surface area contributed by atoms with Crippen molar-refractivity contribution in [3.63, 3.8) is 0 Å². The third-order valence-corrected chi connectivity index (χ3v) is 4.06. The zero-order chi connectivity index (χ0) is 21.5. The third kappa shape index (κ3) is 28.9. The fraction of sp³-hybridized carbons (Fsp3) is 0.762. The van der Waals surface area contributed by atoms with Crippen molar-refractivity contribution in [2.75, 3.05) is 6.61 Å². The first-order valence-electron chi connectivity index (χ1n) is 10.5. The van der Waals surface area contributed by atoms with E-state index in [1.54, 1.807) is 5.32 Å². The predicted molar refractivity (Wildman–Crippen MR) is 112 cm³/mol. The Balaban J connectivity index is 0. The number of rotatable bonds is 16. The molecule has 3 amide bonds. The standard InChI is InChI=1S/C18H34O2.C3H6N2O3/c1-2-3-4-5-6-7-8-9-10-11-12-13-14-15-16-17-18(19)20;4-3(8)5-2(7)1-6/h9-10H,2-8,11-17H2,1H3,(H,19,20);6H,1H2,(H3,4,5,7,8)/b10-9-;. The predicted octanol–water partition coefficient (Wildman–Crippen LogP) is 4.28. The van der Waals surface area contributed by atoms with Gasteiger partial charge in [0, 0.05) is 6.42 Å². The topological polar surface area (TPSA) is 130 Å². The molecule has 0 atom stereocenters. The number of aliphatic hydroxyl groups excluding tert-OH is 1. The average molecular weight is 401 g/mol. The molecular formula is C21H40N2O5. The summed E-state index contributed by atoms with van der Waals surface area (Å²) in [5, 5.41) is 18.1. The number of nitrogens with one attached hydrogen (secondary N) is 1. The van der Waals surface area contributed by atoms with E-state index in [9.17, 15) is 14.4 Å². The van der Waals surface area contributed by atoms with E-state index < -0.39 is 24.5 Å². The summed E-state index contributed by atoms with van der Waals surface area (Å²) in [5.41, 5.74) is 4.49. The number of unbranched alkanes of at least 4 members (excludes halogenated alkanes) is 11. The van der Waals surface area contributed by atoms with E-state index in [4.69, 9.17) is 10.2 Å². The molecule has 0 aliphatic rings. The summed E-state index contributed by atoms with van der Waals surface area (Å²) in [5.74, 6) is -1.46. The Labute approximate surface area is 169 Å². The molecule has 28 heavy (non-hydrogen) atoms. The molecule has 0 unspecified atom stereocenters. The number of nitrogens with two attached hydrogens (primary N) is 1. The fourth-order valence-corrected chi connectivity index (χ4v) is 2.52. The minimum absolute atomic E-state index is 0.332. The lowest BCUT2D eigenvalue weighted by atomic mass is 10.1. The monoisotopic (exact) mass is 400 g/mol. The zero-order valence-electron chi connectivity index (χ0n) is 17.5. The van der Waals surface area contributed by atoms with Gasteiger partial charge in [-0.15, -0.1) is 0 Å². The number of hydrogen-bond acceptors (Lipinski definition) is 4. The second kappa shape index (κ2) is 23.1. The number of allylic oxidation sites excluding steroid dienone is 2. The summed E-state index contributed by atoms with van der Waals surface area (Å²) < 4.78 is 0. The molecule has 0 radical (unpaired) electrons. The molecule has 0 saturated heterocycles. The van der Waals surface area contributed by atoms with Crippen LogP contribution in [0.5, 0.6) is 0 Å². The molecule has 0 heterocycles. The van der Waals surface area contributed by atoms with E-state index in [0.29, 0.717) is 6.42 Å². The number of amides is 3. The van der Waals surface area contributed by atoms with Gasteiger partial charge in [-0.2, -0.15) is 0 Å². The van der Waals surface area contributed by atoms with Gasteiger partial charge in [0.1, 0.15) is 6.61 Å². The molecule has 0 saturated carbocycles. The van der Waals surface area contributed by atoms with Gasteiger partial charge >= 0.3 is 12.0 Å². The second-order valence-electron chi connectivity index (χ2n) is 6.80. The van der Waals surface area contributed by atoms with Crippen LogP contribution in [0.1, 0.15) is 96.8 Å². The van der Waals surface area contributed by atoms with Crippen LogP contribution < -0.4 is 11.1 Å². The normalized spacial score (nSPS) is 10.4. The molecule has 5 N–H and O–H groups in total. The van der Waals surface area contributed by atoms with E-state index in [0.717, 1.165) is 12.8 Å². The smallest absolute Gasteiger partial charge is 0.318 e. The maximum Gasteiger partial charge on any atom is 0.318 e. The Morgan fingerprint density at radius 1 is 0.821 bits per heavy atom. The van der Waals surface area contributed by atoms with Crippen LogP contribution >= 0.6 is 0 Å². The van der Waals surface area contributed by atoms with Crippen molar-refractivity contribution in [3.8, 4) is 0 Å². The molecular weight excluding hydrogens is 360 g/mol. The van der Waals surface area contributed by atoms with Crippen molar-refractivity contribution in [2.45, 2.75) is 96.8 Å². The molecule has 7 nitrogen and oxygen atoms in total. The van der Waals surface area contributed by atoms with Gasteiger partial charge < -0.3 is 15.9 Å². The average Bonchev–Trinajstić information content (AvgIpc) is 2.64. The summed E-state index contributed by atoms with van der Waals surface area (Å²) in [7, 11) is 0. The Morgan fingerprint density at radius 3 is 1.68 bits per heavy atom. The Bertz CT molecular complexity index is 425. The maximum absolute atomic E-state index is 10.3. The number of carbonyl (C=O) groups is 3. The lowest BCUT2D eigenvalue weighted by Gasteiger charge is -1.99. The summed E-state index contributed by atoms with van der Waals surface area (Å²) >= 11 is 0. The number of carbonyl (C=O) groups excluding carboxylic acids is 2. The van der Waals surface area contributed by atoms with Crippen LogP contribution in [0.2, 0.25) is 0 Å². The van der Waals surface area contributed by atoms with Crippen LogP contribution in [0.25, 0.3) is 0 Å². The summed E-state index contributed by atoms with van der Waals surface area (Å²) in [6, 6.07) is -0.955. The Morgan fingerprint density at radius 2 is 1.29 bits per heavy atom. The Hall–Kier alpha value is -1.89. The number of urea groups is 1. The van der Waals surface area contributed by atoms with E-state index >= 15 is 0 Å². The van der Waals surface area contributed by atoms with Gasteiger partial charge in [0.2, 0.25) is 0 Å². The molecule has 0 aromatic rings. The molecule has 0 spiro atoms. The molecule has 0 aliphatic carbocycles. The van der Waals surface area contributed by atoms with Crippen molar-refractivity contribution in [2.24, 2.45) is 5.73 Å². The first-order valence-corrected chi connectivity index (χ1v) is 10.5. The van der Waals surface area contributed by atoms with Crippen LogP contribution in [0.15, 0.2) is 12.2 Å². The van der Waals surface area contributed by atoms with E-state index in [2.05, 4.69) is 24.8 Å². The van der Waals surface area contributed by atoms with Crippen molar-refractivity contribution in [1.29, 1.82) is 0 Å². The van der Waals surface area contributed by atoms with Gasteiger partial charge in [0.25, 0.3) is 5.91 Å². The highest BCUT2D eigenvalue weighted by Crippen LogP contribution is 2.09. The number of carboxylic acid groups (broad SMARTS) is 1. The van der Waals surface area contributed by atoms with Gasteiger partial charge in [-0.05, 0) is 32.1 Å². The number of hydrogen-bond donors (Lipinski definition) is 4. The highest BCUT2D eigenvalue weighted by molar-refractivity contribution is 5.93. The van der Waals surface area contributed by atoms with Crippen molar-refractivity contribution < 1.29 is 24.6 Å². The number of imide groups is 1. The number of carboxylic acids is 1. The molecule has 0 aliphatic heterocycles. The minimum Gasteiger partial charge on any atom is -0.481 e.